The summed E-state index contributed by atoms with van der Waals surface area (Å²) in [6.07, 6.45) is 3.43. The Morgan fingerprint density at radius 2 is 2.23 bits per heavy atom. The van der Waals surface area contributed by atoms with Crippen molar-refractivity contribution in [1.82, 2.24) is 9.55 Å². The molecule has 1 aromatic heterocycles. The van der Waals surface area contributed by atoms with Crippen molar-refractivity contribution in [2.45, 2.75) is 32.7 Å². The van der Waals surface area contributed by atoms with Gasteiger partial charge in [0.15, 0.2) is 0 Å². The molecule has 0 aromatic carbocycles. The zero-order valence-electron chi connectivity index (χ0n) is 8.11. The Morgan fingerprint density at radius 1 is 1.62 bits per heavy atom. The summed E-state index contributed by atoms with van der Waals surface area (Å²) in [4.78, 5) is 14.4. The Hall–Kier alpha value is -1.32. The Bertz CT molecular complexity index is 310. The largest absolute Gasteiger partial charge is 0.481 e. The van der Waals surface area contributed by atoms with Crippen molar-refractivity contribution in [2.75, 3.05) is 0 Å². The maximum atomic E-state index is 10.4. The van der Waals surface area contributed by atoms with Crippen LogP contribution in [0.1, 0.15) is 26.5 Å². The fourth-order valence-corrected chi connectivity index (χ4v) is 0.977. The molecule has 0 amide bonds. The van der Waals surface area contributed by atoms with Gasteiger partial charge in [-0.1, -0.05) is 0 Å². The number of hydrogen-bond donors (Lipinski definition) is 1. The van der Waals surface area contributed by atoms with Crippen LogP contribution >= 0.6 is 0 Å². The summed E-state index contributed by atoms with van der Waals surface area (Å²) in [6.45, 7) is 6.12. The number of hydrogen-bond acceptors (Lipinski definition) is 2. The van der Waals surface area contributed by atoms with Gasteiger partial charge in [-0.05, 0) is 20.8 Å². The predicted molar refractivity (Wildman–Crippen MR) is 48.6 cm³/mol. The molecule has 0 aliphatic rings. The number of carboxylic acids is 1. The molecule has 1 heterocycles. The number of nitrogens with zero attached hydrogens (tertiary/aromatic N) is 2. The molecule has 4 nitrogen and oxygen atoms in total. The lowest BCUT2D eigenvalue weighted by molar-refractivity contribution is -0.136. The van der Waals surface area contributed by atoms with Crippen molar-refractivity contribution >= 4 is 5.97 Å². The van der Waals surface area contributed by atoms with E-state index >= 15 is 0 Å². The normalized spacial score (nSPS) is 11.6. The maximum absolute atomic E-state index is 10.4. The van der Waals surface area contributed by atoms with E-state index in [4.69, 9.17) is 5.11 Å². The number of rotatable bonds is 2. The summed E-state index contributed by atoms with van der Waals surface area (Å²) in [6, 6.07) is 0. The first-order valence-electron chi connectivity index (χ1n) is 4.15. The smallest absolute Gasteiger partial charge is 0.309 e. The number of aromatic nitrogens is 2. The fourth-order valence-electron chi connectivity index (χ4n) is 0.977. The zero-order valence-corrected chi connectivity index (χ0v) is 8.11. The molecule has 0 aliphatic carbocycles. The molecule has 1 N–H and O–H groups in total. The SMILES string of the molecule is CC(C)(C)n1cnc(CC(=O)O)c1. The van der Waals surface area contributed by atoms with E-state index in [-0.39, 0.29) is 12.0 Å². The van der Waals surface area contributed by atoms with Crippen LogP contribution < -0.4 is 0 Å². The average molecular weight is 182 g/mol. The topological polar surface area (TPSA) is 55.1 Å². The van der Waals surface area contributed by atoms with Crippen LogP contribution in [0.15, 0.2) is 12.5 Å². The third kappa shape index (κ3) is 2.57. The molecule has 1 aromatic rings. The number of carbonyl (C=O) groups is 1. The zero-order chi connectivity index (χ0) is 10.1. The van der Waals surface area contributed by atoms with Gasteiger partial charge in [-0.25, -0.2) is 4.98 Å². The van der Waals surface area contributed by atoms with Crippen molar-refractivity contribution in [2.24, 2.45) is 0 Å². The second-order valence-corrected chi connectivity index (χ2v) is 4.01. The van der Waals surface area contributed by atoms with Gasteiger partial charge in [0.1, 0.15) is 0 Å². The maximum Gasteiger partial charge on any atom is 0.309 e. The molecule has 0 aliphatic heterocycles. The summed E-state index contributed by atoms with van der Waals surface area (Å²) in [5.41, 5.74) is 0.562. The van der Waals surface area contributed by atoms with Crippen molar-refractivity contribution in [3.8, 4) is 0 Å². The fraction of sp³-hybridized carbons (Fsp3) is 0.556. The summed E-state index contributed by atoms with van der Waals surface area (Å²) in [5.74, 6) is -0.848. The minimum atomic E-state index is -0.848. The van der Waals surface area contributed by atoms with Crippen LogP contribution in [0.25, 0.3) is 0 Å². The van der Waals surface area contributed by atoms with Crippen molar-refractivity contribution in [3.05, 3.63) is 18.2 Å². The van der Waals surface area contributed by atoms with Crippen LogP contribution in [0.4, 0.5) is 0 Å². The van der Waals surface area contributed by atoms with Gasteiger partial charge >= 0.3 is 5.97 Å². The highest BCUT2D eigenvalue weighted by Crippen LogP contribution is 2.13. The molecule has 72 valence electrons. The minimum Gasteiger partial charge on any atom is -0.481 e. The third-order valence-corrected chi connectivity index (χ3v) is 1.74. The summed E-state index contributed by atoms with van der Waals surface area (Å²) in [5, 5.41) is 8.53. The Morgan fingerprint density at radius 3 is 2.62 bits per heavy atom. The molecule has 13 heavy (non-hydrogen) atoms. The van der Waals surface area contributed by atoms with Crippen molar-refractivity contribution in [3.63, 3.8) is 0 Å². The number of carboxylic acid groups (broad SMARTS) is 1. The lowest BCUT2D eigenvalue weighted by atomic mass is 10.1. The Labute approximate surface area is 77.2 Å². The number of aliphatic carboxylic acids is 1. The van der Waals surface area contributed by atoms with Crippen LogP contribution in [0.2, 0.25) is 0 Å². The van der Waals surface area contributed by atoms with Gasteiger partial charge < -0.3 is 9.67 Å². The summed E-state index contributed by atoms with van der Waals surface area (Å²) >= 11 is 0. The molecule has 0 saturated heterocycles. The molecule has 0 fully saturated rings. The van der Waals surface area contributed by atoms with E-state index < -0.39 is 5.97 Å². The third-order valence-electron chi connectivity index (χ3n) is 1.74. The molecular formula is C9H14N2O2. The summed E-state index contributed by atoms with van der Waals surface area (Å²) < 4.78 is 1.91. The average Bonchev–Trinajstić information content (AvgIpc) is 2.32. The van der Waals surface area contributed by atoms with Crippen molar-refractivity contribution < 1.29 is 9.90 Å². The standard InChI is InChI=1S/C9H14N2O2/c1-9(2,3)11-5-7(10-6-11)4-8(12)13/h5-6H,4H2,1-3H3,(H,12,13). The van der Waals surface area contributed by atoms with Gasteiger partial charge in [0.2, 0.25) is 0 Å². The molecule has 4 heteroatoms. The molecule has 0 atom stereocenters. The van der Waals surface area contributed by atoms with Crippen LogP contribution in [0.5, 0.6) is 0 Å². The van der Waals surface area contributed by atoms with Gasteiger partial charge in [-0.15, -0.1) is 0 Å². The Balaban J connectivity index is 2.81. The van der Waals surface area contributed by atoms with Gasteiger partial charge in [0, 0.05) is 11.7 Å². The predicted octanol–water partition coefficient (Wildman–Crippen LogP) is 1.27. The van der Waals surface area contributed by atoms with Gasteiger partial charge in [0.25, 0.3) is 0 Å². The minimum absolute atomic E-state index is 0.0108. The van der Waals surface area contributed by atoms with Gasteiger partial charge in [0.05, 0.1) is 18.4 Å². The molecule has 0 radical (unpaired) electrons. The second-order valence-electron chi connectivity index (χ2n) is 4.01. The van der Waals surface area contributed by atoms with Crippen LogP contribution in [-0.4, -0.2) is 20.6 Å². The number of imidazole rings is 1. The van der Waals surface area contributed by atoms with Gasteiger partial charge in [-0.3, -0.25) is 4.79 Å². The van der Waals surface area contributed by atoms with E-state index in [1.54, 1.807) is 12.5 Å². The van der Waals surface area contributed by atoms with E-state index in [2.05, 4.69) is 4.98 Å². The first-order valence-corrected chi connectivity index (χ1v) is 4.15. The van der Waals surface area contributed by atoms with Crippen LogP contribution in [0.3, 0.4) is 0 Å². The monoisotopic (exact) mass is 182 g/mol. The van der Waals surface area contributed by atoms with Crippen LogP contribution in [0, 0.1) is 0 Å². The van der Waals surface area contributed by atoms with E-state index in [0.717, 1.165) is 0 Å². The first-order chi connectivity index (χ1) is 5.89. The molecule has 0 saturated carbocycles. The molecule has 0 unspecified atom stereocenters. The lowest BCUT2D eigenvalue weighted by Gasteiger charge is -2.19. The van der Waals surface area contributed by atoms with Crippen LogP contribution in [-0.2, 0) is 16.8 Å². The quantitative estimate of drug-likeness (QED) is 0.749. The summed E-state index contributed by atoms with van der Waals surface area (Å²) in [7, 11) is 0. The molecule has 0 spiro atoms. The highest BCUT2D eigenvalue weighted by molar-refractivity contribution is 5.69. The molecular weight excluding hydrogens is 168 g/mol. The second kappa shape index (κ2) is 3.20. The first kappa shape index (κ1) is 9.77. The van der Waals surface area contributed by atoms with E-state index in [9.17, 15) is 4.79 Å². The molecule has 1 rings (SSSR count). The molecule has 0 bridgehead atoms. The van der Waals surface area contributed by atoms with E-state index in [0.29, 0.717) is 5.69 Å². The van der Waals surface area contributed by atoms with E-state index in [1.807, 2.05) is 25.3 Å². The lowest BCUT2D eigenvalue weighted by Crippen LogP contribution is -2.19. The highest BCUT2D eigenvalue weighted by atomic mass is 16.4. The van der Waals surface area contributed by atoms with Gasteiger partial charge in [-0.2, -0.15) is 0 Å². The highest BCUT2D eigenvalue weighted by Gasteiger charge is 2.13. The van der Waals surface area contributed by atoms with E-state index in [1.165, 1.54) is 0 Å². The Kier molecular flexibility index (Phi) is 2.40. The van der Waals surface area contributed by atoms with Crippen molar-refractivity contribution in [1.29, 1.82) is 0 Å².